The Morgan fingerprint density at radius 1 is 1.16 bits per heavy atom. The average Bonchev–Trinajstić information content (AvgIpc) is 3.25. The molecule has 1 heterocycles. The lowest BCUT2D eigenvalue weighted by Crippen LogP contribution is -2.40. The maximum absolute atomic E-state index is 12.8. The zero-order valence-corrected chi connectivity index (χ0v) is 19.7. The second-order valence-electron chi connectivity index (χ2n) is 7.23. The van der Waals surface area contributed by atoms with E-state index in [2.05, 4.69) is 0 Å². The molecular weight excluding hydrogens is 461 g/mol. The number of carbonyl (C=O) groups excluding carboxylic acids is 2. The summed E-state index contributed by atoms with van der Waals surface area (Å²) in [6.45, 7) is 0.207. The zero-order chi connectivity index (χ0) is 23.4. The van der Waals surface area contributed by atoms with E-state index in [1.54, 1.807) is 12.1 Å². The van der Waals surface area contributed by atoms with Gasteiger partial charge in [-0.2, -0.15) is 0 Å². The molecule has 0 radical (unpaired) electrons. The molecule has 2 aliphatic rings. The van der Waals surface area contributed by atoms with Crippen molar-refractivity contribution < 1.29 is 33.3 Å². The first-order valence-electron chi connectivity index (χ1n) is 9.83. The Labute approximate surface area is 196 Å². The van der Waals surface area contributed by atoms with Crippen LogP contribution in [0.3, 0.4) is 0 Å². The smallest absolute Gasteiger partial charge is 0.337 e. The predicted molar refractivity (Wildman–Crippen MR) is 119 cm³/mol. The number of hydrogen-bond acceptors (Lipinski definition) is 7. The molecule has 0 N–H and O–H groups in total. The zero-order valence-electron chi connectivity index (χ0n) is 18.2. The van der Waals surface area contributed by atoms with Gasteiger partial charge in [0.1, 0.15) is 22.4 Å². The van der Waals surface area contributed by atoms with E-state index in [0.717, 1.165) is 5.57 Å². The fourth-order valence-electron chi connectivity index (χ4n) is 4.10. The van der Waals surface area contributed by atoms with Gasteiger partial charge >= 0.3 is 5.97 Å². The predicted octanol–water partition coefficient (Wildman–Crippen LogP) is 3.55. The number of methoxy groups -OCH3 is 4. The van der Waals surface area contributed by atoms with E-state index < -0.39 is 12.3 Å². The van der Waals surface area contributed by atoms with Gasteiger partial charge in [-0.25, -0.2) is 4.79 Å². The topological polar surface area (TPSA) is 83.5 Å². The third-order valence-corrected chi connectivity index (χ3v) is 6.27. The van der Waals surface area contributed by atoms with Crippen molar-refractivity contribution in [2.24, 2.45) is 11.8 Å². The minimum atomic E-state index is -0.607. The molecule has 0 bridgehead atoms. The van der Waals surface area contributed by atoms with E-state index in [9.17, 15) is 9.59 Å². The number of anilines is 1. The highest BCUT2D eigenvalue weighted by atomic mass is 35.5. The van der Waals surface area contributed by atoms with Crippen LogP contribution in [0.4, 0.5) is 5.69 Å². The average molecular weight is 486 g/mol. The lowest BCUT2D eigenvalue weighted by Gasteiger charge is -2.35. The number of esters is 1. The molecular formula is C22H25Cl2NO7. The van der Waals surface area contributed by atoms with Gasteiger partial charge in [-0.15, -0.1) is 11.6 Å². The summed E-state index contributed by atoms with van der Waals surface area (Å²) in [5, 5.41) is 0.296. The number of amides is 1. The van der Waals surface area contributed by atoms with Crippen molar-refractivity contribution in [2.45, 2.75) is 12.7 Å². The molecule has 1 aromatic carbocycles. The highest BCUT2D eigenvalue weighted by molar-refractivity contribution is 6.34. The maximum Gasteiger partial charge on any atom is 0.337 e. The van der Waals surface area contributed by atoms with Crippen LogP contribution in [-0.4, -0.2) is 59.0 Å². The highest BCUT2D eigenvalue weighted by Gasteiger charge is 2.45. The van der Waals surface area contributed by atoms with Crippen LogP contribution >= 0.6 is 23.2 Å². The number of allylic oxidation sites excluding steroid dienone is 1. The van der Waals surface area contributed by atoms with Gasteiger partial charge in [0.15, 0.2) is 0 Å². The third-order valence-electron chi connectivity index (χ3n) is 5.67. The Morgan fingerprint density at radius 2 is 1.81 bits per heavy atom. The van der Waals surface area contributed by atoms with Crippen LogP contribution in [-0.2, 0) is 23.8 Å². The summed E-state index contributed by atoms with van der Waals surface area (Å²) in [5.74, 6) is -0.746. The summed E-state index contributed by atoms with van der Waals surface area (Å²) in [5.41, 5.74) is 1.82. The van der Waals surface area contributed by atoms with Crippen molar-refractivity contribution in [3.8, 4) is 11.5 Å². The van der Waals surface area contributed by atoms with Gasteiger partial charge < -0.3 is 28.6 Å². The number of rotatable bonds is 8. The molecule has 0 saturated carbocycles. The van der Waals surface area contributed by atoms with E-state index >= 15 is 0 Å². The number of fused-ring (bicyclic) bond motifs is 1. The van der Waals surface area contributed by atoms with Crippen molar-refractivity contribution in [2.75, 3.05) is 45.8 Å². The van der Waals surface area contributed by atoms with E-state index in [1.165, 1.54) is 39.6 Å². The molecule has 3 atom stereocenters. The van der Waals surface area contributed by atoms with Gasteiger partial charge in [0.25, 0.3) is 0 Å². The van der Waals surface area contributed by atoms with Crippen molar-refractivity contribution in [1.82, 2.24) is 0 Å². The van der Waals surface area contributed by atoms with Crippen molar-refractivity contribution in [1.29, 1.82) is 0 Å². The Kier molecular flexibility index (Phi) is 7.92. The van der Waals surface area contributed by atoms with Crippen molar-refractivity contribution in [3.63, 3.8) is 0 Å². The quantitative estimate of drug-likeness (QED) is 0.316. The van der Waals surface area contributed by atoms with Gasteiger partial charge in [0.2, 0.25) is 12.2 Å². The Hall–Kier alpha value is -2.42. The molecule has 0 saturated heterocycles. The van der Waals surface area contributed by atoms with Crippen LogP contribution in [0.25, 0.3) is 0 Å². The summed E-state index contributed by atoms with van der Waals surface area (Å²) < 4.78 is 26.7. The number of hydrogen-bond donors (Lipinski definition) is 0. The molecule has 174 valence electrons. The molecule has 0 spiro atoms. The Bertz CT molecular complexity index is 921. The largest absolute Gasteiger partial charge is 0.495 e. The second kappa shape index (κ2) is 10.5. The number of nitrogens with zero attached hydrogens (tertiary/aromatic N) is 1. The van der Waals surface area contributed by atoms with E-state index in [4.69, 9.17) is 46.9 Å². The van der Waals surface area contributed by atoms with Crippen LogP contribution < -0.4 is 14.4 Å². The fraction of sp³-hybridized carbons (Fsp3) is 0.455. The van der Waals surface area contributed by atoms with Crippen LogP contribution in [0.15, 0.2) is 35.6 Å². The van der Waals surface area contributed by atoms with E-state index in [1.807, 2.05) is 6.08 Å². The Morgan fingerprint density at radius 3 is 2.34 bits per heavy atom. The van der Waals surface area contributed by atoms with Gasteiger partial charge in [0, 0.05) is 31.7 Å². The SMILES string of the molecule is COC(=O)C1=CO[C@@H](OC)[C@@H]2C(CN(C(=O)CCl)c3cc(OC)c(Cl)c(OC)c3)=CC[C@H]12. The molecule has 10 heteroatoms. The molecule has 0 fully saturated rings. The van der Waals surface area contributed by atoms with Crippen LogP contribution in [0.2, 0.25) is 5.02 Å². The lowest BCUT2D eigenvalue weighted by molar-refractivity contribution is -0.146. The van der Waals surface area contributed by atoms with Crippen LogP contribution in [0, 0.1) is 11.8 Å². The molecule has 8 nitrogen and oxygen atoms in total. The minimum Gasteiger partial charge on any atom is -0.495 e. The number of carbonyl (C=O) groups is 2. The monoisotopic (exact) mass is 485 g/mol. The molecule has 32 heavy (non-hydrogen) atoms. The Balaban J connectivity index is 1.96. The van der Waals surface area contributed by atoms with Crippen LogP contribution in [0.1, 0.15) is 6.42 Å². The summed E-state index contributed by atoms with van der Waals surface area (Å²) in [6, 6.07) is 3.29. The first kappa shape index (κ1) is 24.2. The second-order valence-corrected chi connectivity index (χ2v) is 7.87. The molecule has 1 aromatic rings. The summed E-state index contributed by atoms with van der Waals surface area (Å²) >= 11 is 12.2. The number of alkyl halides is 1. The molecule has 0 aromatic heterocycles. The minimum absolute atomic E-state index is 0.182. The molecule has 1 aliphatic carbocycles. The van der Waals surface area contributed by atoms with Gasteiger partial charge in [0.05, 0.1) is 44.8 Å². The third kappa shape index (κ3) is 4.53. The number of ether oxygens (including phenoxy) is 5. The highest BCUT2D eigenvalue weighted by Crippen LogP contribution is 2.45. The van der Waals surface area contributed by atoms with Gasteiger partial charge in [-0.3, -0.25) is 4.79 Å². The first-order chi connectivity index (χ1) is 15.4. The van der Waals surface area contributed by atoms with E-state index in [0.29, 0.717) is 34.2 Å². The lowest BCUT2D eigenvalue weighted by atomic mass is 9.83. The molecule has 1 amide bonds. The molecule has 1 aliphatic heterocycles. The summed E-state index contributed by atoms with van der Waals surface area (Å²) in [7, 11) is 5.81. The standard InChI is InChI=1S/C22H25Cl2NO7/c1-28-16-7-13(8-17(29-2)20(16)24)25(18(26)9-23)10-12-5-6-14-15(21(27)30-3)11-32-22(31-4)19(12)14/h5,7-8,11,14,19,22H,6,9-10H2,1-4H3/t14-,19-,22-/m1/s1. The van der Waals surface area contributed by atoms with Crippen molar-refractivity contribution in [3.05, 3.63) is 40.6 Å². The summed E-state index contributed by atoms with van der Waals surface area (Å²) in [6.07, 6.45) is 3.37. The number of benzene rings is 1. The maximum atomic E-state index is 12.8. The summed E-state index contributed by atoms with van der Waals surface area (Å²) in [4.78, 5) is 26.6. The number of halogens is 2. The van der Waals surface area contributed by atoms with Gasteiger partial charge in [-0.1, -0.05) is 17.7 Å². The molecule has 3 rings (SSSR count). The van der Waals surface area contributed by atoms with Crippen LogP contribution in [0.5, 0.6) is 11.5 Å². The van der Waals surface area contributed by atoms with Gasteiger partial charge in [-0.05, 0) is 12.0 Å². The van der Waals surface area contributed by atoms with E-state index in [-0.39, 0.29) is 30.2 Å². The normalized spacial score (nSPS) is 21.6. The van der Waals surface area contributed by atoms with Crippen molar-refractivity contribution >= 4 is 40.8 Å². The fourth-order valence-corrected chi connectivity index (χ4v) is 4.50. The molecule has 0 unspecified atom stereocenters. The first-order valence-corrected chi connectivity index (χ1v) is 10.7.